The maximum atomic E-state index is 12.4. The smallest absolute Gasteiger partial charge is 0.253 e. The lowest BCUT2D eigenvalue weighted by atomic mass is 10.1. The molecule has 3 N–H and O–H groups in total. The highest BCUT2D eigenvalue weighted by Crippen LogP contribution is 2.21. The van der Waals surface area contributed by atoms with Gasteiger partial charge in [0, 0.05) is 11.1 Å². The van der Waals surface area contributed by atoms with Crippen LogP contribution >= 0.6 is 11.6 Å². The summed E-state index contributed by atoms with van der Waals surface area (Å²) in [7, 11) is 0. The highest BCUT2D eigenvalue weighted by Gasteiger charge is 2.40. The molecule has 1 atom stereocenters. The Labute approximate surface area is 138 Å². The fraction of sp³-hybridized carbons (Fsp3) is 0.118. The van der Waals surface area contributed by atoms with Gasteiger partial charge in [0.1, 0.15) is 0 Å². The molecule has 5 nitrogen and oxygen atoms in total. The van der Waals surface area contributed by atoms with Crippen LogP contribution in [0, 0.1) is 0 Å². The number of nitrogens with one attached hydrogen (secondary N) is 1. The standard InChI is InChI=1S/C17H15ClN4O/c18-11-17(22-15(23)13-9-5-2-6-10-13)16(19)20-14(21-17)12-7-3-1-4-8-12/h1-10H,11H2,(H,22,23)(H2,19,20,21)/t17-/m1/s1. The van der Waals surface area contributed by atoms with E-state index in [0.717, 1.165) is 5.56 Å². The number of nitrogens with two attached hydrogens (primary N) is 1. The zero-order valence-corrected chi connectivity index (χ0v) is 13.0. The minimum Gasteiger partial charge on any atom is -0.383 e. The summed E-state index contributed by atoms with van der Waals surface area (Å²) in [6.45, 7) is 0. The van der Waals surface area contributed by atoms with Crippen LogP contribution < -0.4 is 11.1 Å². The van der Waals surface area contributed by atoms with Crippen molar-refractivity contribution in [2.24, 2.45) is 15.7 Å². The number of halogens is 1. The van der Waals surface area contributed by atoms with E-state index < -0.39 is 5.66 Å². The van der Waals surface area contributed by atoms with E-state index in [2.05, 4.69) is 15.3 Å². The van der Waals surface area contributed by atoms with Crippen LogP contribution in [0.15, 0.2) is 70.6 Å². The summed E-state index contributed by atoms with van der Waals surface area (Å²) >= 11 is 6.06. The molecule has 2 aromatic rings. The van der Waals surface area contributed by atoms with Crippen LogP contribution in [0.5, 0.6) is 0 Å². The number of aliphatic imine (C=N–C) groups is 2. The molecule has 0 saturated heterocycles. The van der Waals surface area contributed by atoms with Gasteiger partial charge < -0.3 is 11.1 Å². The summed E-state index contributed by atoms with van der Waals surface area (Å²) in [5.74, 6) is 0.326. The van der Waals surface area contributed by atoms with Gasteiger partial charge in [-0.25, -0.2) is 9.98 Å². The number of nitrogens with zero attached hydrogens (tertiary/aromatic N) is 2. The molecule has 23 heavy (non-hydrogen) atoms. The van der Waals surface area contributed by atoms with E-state index in [1.807, 2.05) is 36.4 Å². The molecule has 3 rings (SSSR count). The third-order valence-corrected chi connectivity index (χ3v) is 3.92. The molecular weight excluding hydrogens is 312 g/mol. The van der Waals surface area contributed by atoms with E-state index in [0.29, 0.717) is 11.4 Å². The van der Waals surface area contributed by atoms with Crippen LogP contribution in [0.25, 0.3) is 0 Å². The van der Waals surface area contributed by atoms with Crippen LogP contribution in [0.3, 0.4) is 0 Å². The van der Waals surface area contributed by atoms with Crippen molar-refractivity contribution >= 4 is 29.2 Å². The molecular formula is C17H15ClN4O. The summed E-state index contributed by atoms with van der Waals surface area (Å²) in [4.78, 5) is 21.2. The van der Waals surface area contributed by atoms with Gasteiger partial charge in [-0.1, -0.05) is 48.5 Å². The fourth-order valence-electron chi connectivity index (χ4n) is 2.26. The van der Waals surface area contributed by atoms with Crippen molar-refractivity contribution in [1.82, 2.24) is 5.32 Å². The number of carbonyl (C=O) groups is 1. The third-order valence-electron chi connectivity index (χ3n) is 3.53. The molecule has 0 spiro atoms. The minimum atomic E-state index is -1.22. The first kappa shape index (κ1) is 15.2. The van der Waals surface area contributed by atoms with E-state index in [4.69, 9.17) is 17.3 Å². The molecule has 1 aliphatic heterocycles. The van der Waals surface area contributed by atoms with Crippen molar-refractivity contribution < 1.29 is 4.79 Å². The highest BCUT2D eigenvalue weighted by atomic mass is 35.5. The maximum absolute atomic E-state index is 12.4. The number of hydrogen-bond donors (Lipinski definition) is 2. The van der Waals surface area contributed by atoms with Crippen LogP contribution in [0.1, 0.15) is 15.9 Å². The lowest BCUT2D eigenvalue weighted by Gasteiger charge is -2.24. The number of alkyl halides is 1. The molecule has 0 aromatic heterocycles. The summed E-state index contributed by atoms with van der Waals surface area (Å²) < 4.78 is 0. The van der Waals surface area contributed by atoms with Gasteiger partial charge in [0.25, 0.3) is 5.91 Å². The second-order valence-corrected chi connectivity index (χ2v) is 5.38. The molecule has 2 aromatic carbocycles. The molecule has 1 amide bonds. The van der Waals surface area contributed by atoms with E-state index in [9.17, 15) is 4.79 Å². The predicted molar refractivity (Wildman–Crippen MR) is 92.0 cm³/mol. The Bertz CT molecular complexity index is 774. The first-order valence-electron chi connectivity index (χ1n) is 7.08. The average Bonchev–Trinajstić information content (AvgIpc) is 2.93. The van der Waals surface area contributed by atoms with Crippen molar-refractivity contribution in [2.45, 2.75) is 5.66 Å². The Kier molecular flexibility index (Phi) is 4.12. The number of carbonyl (C=O) groups excluding carboxylic acids is 1. The van der Waals surface area contributed by atoms with Crippen LogP contribution in [-0.4, -0.2) is 29.1 Å². The minimum absolute atomic E-state index is 0.00274. The lowest BCUT2D eigenvalue weighted by molar-refractivity contribution is 0.0930. The zero-order chi connectivity index (χ0) is 16.3. The van der Waals surface area contributed by atoms with E-state index in [1.165, 1.54) is 0 Å². The van der Waals surface area contributed by atoms with Crippen LogP contribution in [-0.2, 0) is 0 Å². The molecule has 0 radical (unpaired) electrons. The van der Waals surface area contributed by atoms with E-state index in [-0.39, 0.29) is 17.6 Å². The molecule has 0 fully saturated rings. The molecule has 0 aliphatic carbocycles. The van der Waals surface area contributed by atoms with Gasteiger partial charge in [-0.3, -0.25) is 4.79 Å². The van der Waals surface area contributed by atoms with Crippen molar-refractivity contribution in [3.8, 4) is 0 Å². The largest absolute Gasteiger partial charge is 0.383 e. The number of amides is 1. The van der Waals surface area contributed by atoms with Gasteiger partial charge in [-0.05, 0) is 12.1 Å². The van der Waals surface area contributed by atoms with Gasteiger partial charge in [0.15, 0.2) is 11.7 Å². The molecule has 0 saturated carbocycles. The average molecular weight is 327 g/mol. The first-order valence-corrected chi connectivity index (χ1v) is 7.61. The van der Waals surface area contributed by atoms with E-state index in [1.54, 1.807) is 24.3 Å². The second kappa shape index (κ2) is 6.22. The SMILES string of the molecule is NC1=NC(c2ccccc2)=N[C@]1(CCl)NC(=O)c1ccccc1. The summed E-state index contributed by atoms with van der Waals surface area (Å²) in [5.41, 5.74) is 6.12. The van der Waals surface area contributed by atoms with Crippen molar-refractivity contribution in [3.63, 3.8) is 0 Å². The van der Waals surface area contributed by atoms with Crippen molar-refractivity contribution in [3.05, 3.63) is 71.8 Å². The molecule has 6 heteroatoms. The highest BCUT2D eigenvalue weighted by molar-refractivity contribution is 6.24. The molecule has 0 bridgehead atoms. The normalized spacial score (nSPS) is 19.9. The summed E-state index contributed by atoms with van der Waals surface area (Å²) in [6, 6.07) is 18.2. The number of amidine groups is 2. The van der Waals surface area contributed by atoms with Crippen LogP contribution in [0.4, 0.5) is 0 Å². The molecule has 1 heterocycles. The van der Waals surface area contributed by atoms with Crippen molar-refractivity contribution in [1.29, 1.82) is 0 Å². The Hall–Kier alpha value is -2.66. The van der Waals surface area contributed by atoms with Gasteiger partial charge in [0.2, 0.25) is 5.66 Å². The number of benzene rings is 2. The summed E-state index contributed by atoms with van der Waals surface area (Å²) in [5, 5.41) is 2.79. The molecule has 0 unspecified atom stereocenters. The van der Waals surface area contributed by atoms with Gasteiger partial charge in [-0.15, -0.1) is 11.6 Å². The first-order chi connectivity index (χ1) is 11.1. The molecule has 1 aliphatic rings. The summed E-state index contributed by atoms with van der Waals surface area (Å²) in [6.07, 6.45) is 0. The van der Waals surface area contributed by atoms with Gasteiger partial charge in [-0.2, -0.15) is 0 Å². The third kappa shape index (κ3) is 2.96. The van der Waals surface area contributed by atoms with E-state index >= 15 is 0 Å². The lowest BCUT2D eigenvalue weighted by Crippen LogP contribution is -2.56. The maximum Gasteiger partial charge on any atom is 0.253 e. The van der Waals surface area contributed by atoms with Crippen molar-refractivity contribution in [2.75, 3.05) is 5.88 Å². The molecule has 116 valence electrons. The second-order valence-electron chi connectivity index (χ2n) is 5.11. The Morgan fingerprint density at radius 2 is 1.70 bits per heavy atom. The Balaban J connectivity index is 1.91. The topological polar surface area (TPSA) is 79.8 Å². The Morgan fingerprint density at radius 1 is 1.09 bits per heavy atom. The quantitative estimate of drug-likeness (QED) is 0.844. The number of rotatable bonds is 4. The monoisotopic (exact) mass is 326 g/mol. The number of hydrogen-bond acceptors (Lipinski definition) is 4. The van der Waals surface area contributed by atoms with Crippen LogP contribution in [0.2, 0.25) is 0 Å². The Morgan fingerprint density at radius 3 is 2.30 bits per heavy atom. The fourth-order valence-corrected chi connectivity index (χ4v) is 2.52. The zero-order valence-electron chi connectivity index (χ0n) is 12.2. The van der Waals surface area contributed by atoms with Gasteiger partial charge in [0.05, 0.1) is 5.88 Å². The predicted octanol–water partition coefficient (Wildman–Crippen LogP) is 2.17. The van der Waals surface area contributed by atoms with Gasteiger partial charge >= 0.3 is 0 Å².